The van der Waals surface area contributed by atoms with E-state index in [1.807, 2.05) is 34.6 Å². The first-order chi connectivity index (χ1) is 20.7. The topological polar surface area (TPSA) is 156 Å². The Bertz CT molecular complexity index is 1390. The molecule has 0 aliphatic heterocycles. The normalized spacial score (nSPS) is 36.8. The predicted molar refractivity (Wildman–Crippen MR) is 159 cm³/mol. The van der Waals surface area contributed by atoms with E-state index in [0.717, 1.165) is 12.8 Å². The van der Waals surface area contributed by atoms with Crippen LogP contribution in [0.3, 0.4) is 0 Å². The fourth-order valence-corrected chi connectivity index (χ4v) is 8.91. The average Bonchev–Trinajstić information content (AvgIpc) is 3.23. The summed E-state index contributed by atoms with van der Waals surface area (Å²) in [4.78, 5) is 41.7. The number of hydrogen-bond donors (Lipinski definition) is 3. The van der Waals surface area contributed by atoms with Crippen LogP contribution < -0.4 is 0 Å². The number of carbonyl (C=O) groups is 3. The molecule has 1 aromatic heterocycles. The largest absolute Gasteiger partial charge is 0.458 e. The van der Waals surface area contributed by atoms with Crippen molar-refractivity contribution in [3.63, 3.8) is 0 Å². The quantitative estimate of drug-likeness (QED) is 0.200. The Labute approximate surface area is 258 Å². The van der Waals surface area contributed by atoms with Gasteiger partial charge in [-0.25, -0.2) is 4.79 Å². The predicted octanol–water partition coefficient (Wildman–Crippen LogP) is 4.04. The lowest BCUT2D eigenvalue weighted by molar-refractivity contribution is -0.192. The van der Waals surface area contributed by atoms with Crippen LogP contribution in [-0.4, -0.2) is 68.2 Å². The number of hydrogen-bond acceptors (Lipinski definition) is 10. The van der Waals surface area contributed by atoms with Gasteiger partial charge in [-0.15, -0.1) is 0 Å². The summed E-state index contributed by atoms with van der Waals surface area (Å²) < 4.78 is 17.7. The number of aryl methyl sites for hydroxylation is 2. The number of allylic oxidation sites excluding steroid dienone is 1. The number of aliphatic hydroxyl groups excluding tert-OH is 2. The van der Waals surface area contributed by atoms with E-state index in [-0.39, 0.29) is 35.7 Å². The van der Waals surface area contributed by atoms with Gasteiger partial charge < -0.3 is 29.3 Å². The van der Waals surface area contributed by atoms with Crippen molar-refractivity contribution < 1.29 is 43.7 Å². The summed E-state index contributed by atoms with van der Waals surface area (Å²) in [5.41, 5.74) is -4.53. The van der Waals surface area contributed by atoms with Crippen molar-refractivity contribution in [3.8, 4) is 0 Å². The van der Waals surface area contributed by atoms with Gasteiger partial charge in [0.15, 0.2) is 23.2 Å². The molecule has 8 atom stereocenters. The molecule has 2 fully saturated rings. The summed E-state index contributed by atoms with van der Waals surface area (Å²) in [5, 5.41) is 39.1. The zero-order chi connectivity index (χ0) is 32.4. The first-order valence-corrected chi connectivity index (χ1v) is 16.1. The number of ether oxygens (including phenoxy) is 2. The van der Waals surface area contributed by atoms with Crippen LogP contribution in [0.2, 0.25) is 0 Å². The van der Waals surface area contributed by atoms with E-state index in [4.69, 9.17) is 14.0 Å². The highest BCUT2D eigenvalue weighted by Gasteiger charge is 2.83. The average molecular weight is 614 g/mol. The summed E-state index contributed by atoms with van der Waals surface area (Å²) in [6.45, 7) is 12.5. The molecule has 0 aromatic carbocycles. The maximum Gasteiger partial charge on any atom is 0.344 e. The minimum absolute atomic E-state index is 0.0605. The van der Waals surface area contributed by atoms with Crippen molar-refractivity contribution >= 4 is 17.7 Å². The van der Waals surface area contributed by atoms with Crippen LogP contribution in [0.25, 0.3) is 0 Å². The highest BCUT2D eigenvalue weighted by molar-refractivity contribution is 5.97. The number of fused-ring (bicyclic) bond motifs is 3. The fourth-order valence-electron chi connectivity index (χ4n) is 8.91. The molecular formula is C34H47NO9. The number of unbranched alkanes of at least 4 members (excludes halogenated alkanes) is 2. The lowest BCUT2D eigenvalue weighted by Gasteiger charge is -2.49. The van der Waals surface area contributed by atoms with Crippen molar-refractivity contribution in [2.24, 2.45) is 28.6 Å². The maximum atomic E-state index is 14.9. The van der Waals surface area contributed by atoms with Gasteiger partial charge in [-0.05, 0) is 43.3 Å². The first-order valence-electron chi connectivity index (χ1n) is 16.1. The summed E-state index contributed by atoms with van der Waals surface area (Å²) >= 11 is 0. The second kappa shape index (κ2) is 11.2. The van der Waals surface area contributed by atoms with Gasteiger partial charge in [-0.2, -0.15) is 0 Å². The maximum absolute atomic E-state index is 14.9. The summed E-state index contributed by atoms with van der Waals surface area (Å²) in [7, 11) is 0. The molecule has 10 heteroatoms. The van der Waals surface area contributed by atoms with Gasteiger partial charge in [0.2, 0.25) is 0 Å². The van der Waals surface area contributed by atoms with Gasteiger partial charge in [0.25, 0.3) is 0 Å². The lowest BCUT2D eigenvalue weighted by Crippen LogP contribution is -2.66. The molecule has 242 valence electrons. The monoisotopic (exact) mass is 613 g/mol. The zero-order valence-electron chi connectivity index (χ0n) is 26.9. The number of nitrogens with zero attached hydrogens (tertiary/aromatic N) is 1. The van der Waals surface area contributed by atoms with Crippen molar-refractivity contribution in [3.05, 3.63) is 40.3 Å². The number of Topliss-reactive ketones (excluding diaryl/α,β-unsaturated/α-hetero) is 1. The van der Waals surface area contributed by atoms with Crippen LogP contribution in [0, 0.1) is 28.6 Å². The van der Waals surface area contributed by atoms with E-state index in [2.05, 4.69) is 12.1 Å². The summed E-state index contributed by atoms with van der Waals surface area (Å²) in [5.74, 6) is -3.03. The highest BCUT2D eigenvalue weighted by Crippen LogP contribution is 2.75. The van der Waals surface area contributed by atoms with Crippen LogP contribution in [0.5, 0.6) is 0 Å². The Morgan fingerprint density at radius 2 is 1.86 bits per heavy atom. The van der Waals surface area contributed by atoms with Crippen LogP contribution >= 0.6 is 0 Å². The number of esters is 2. The van der Waals surface area contributed by atoms with Crippen molar-refractivity contribution in [2.75, 3.05) is 6.61 Å². The Morgan fingerprint density at radius 1 is 1.16 bits per heavy atom. The molecule has 4 aliphatic carbocycles. The van der Waals surface area contributed by atoms with E-state index in [0.29, 0.717) is 36.3 Å². The van der Waals surface area contributed by atoms with E-state index in [1.54, 1.807) is 19.1 Å². The Balaban J connectivity index is 1.60. The molecule has 2 unspecified atom stereocenters. The lowest BCUT2D eigenvalue weighted by atomic mass is 9.59. The summed E-state index contributed by atoms with van der Waals surface area (Å²) in [6, 6.07) is 0. The second-order valence-electron chi connectivity index (χ2n) is 13.8. The standard InChI is InChI=1S/C34H47NO9/c1-8-11-12-13-24(37)43-33-16-19(5)32-15-18(4)29(42-30(40)25-22(9-2)35-44-23(25)10-3)34(32,41)27(38)20(17-36)14-21(28(32)39)26(33)31(33,6)7/h14-15,19,21,26-27,29,36,38,41H,8-13,16-17H2,1-7H3/t19?,21-,26+,27+,29-,32?,33-,34-/m0/s1. The molecule has 0 amide bonds. The molecule has 0 saturated heterocycles. The fraction of sp³-hybridized carbons (Fsp3) is 0.706. The van der Waals surface area contributed by atoms with Gasteiger partial charge in [-0.1, -0.05) is 71.7 Å². The smallest absolute Gasteiger partial charge is 0.344 e. The minimum Gasteiger partial charge on any atom is -0.458 e. The molecule has 4 aliphatic rings. The Kier molecular flexibility index (Phi) is 8.30. The van der Waals surface area contributed by atoms with Gasteiger partial charge in [-0.3, -0.25) is 9.59 Å². The molecule has 10 nitrogen and oxygen atoms in total. The second-order valence-corrected chi connectivity index (χ2v) is 13.8. The van der Waals surface area contributed by atoms with Crippen LogP contribution in [0.4, 0.5) is 0 Å². The van der Waals surface area contributed by atoms with E-state index in [1.165, 1.54) is 0 Å². The number of rotatable bonds is 10. The SMILES string of the molecule is CCCCCC(=O)O[C@@]12CC(C)C34C=C(C)[C@H](OC(=O)c5c(CC)noc5CC)[C@@]3(O)[C@H](O)C(CO)=C[C@H](C4=O)[C@@H]1C2(C)C. The van der Waals surface area contributed by atoms with E-state index >= 15 is 0 Å². The van der Waals surface area contributed by atoms with Crippen LogP contribution in [0.15, 0.2) is 27.8 Å². The number of ketones is 1. The van der Waals surface area contributed by atoms with Crippen molar-refractivity contribution in [1.29, 1.82) is 0 Å². The number of carbonyl (C=O) groups excluding carboxylic acids is 3. The molecular weight excluding hydrogens is 566 g/mol. The summed E-state index contributed by atoms with van der Waals surface area (Å²) in [6.07, 6.45) is 3.97. The van der Waals surface area contributed by atoms with Crippen LogP contribution in [-0.2, 0) is 31.9 Å². The van der Waals surface area contributed by atoms with Gasteiger partial charge >= 0.3 is 11.9 Å². The van der Waals surface area contributed by atoms with Crippen molar-refractivity contribution in [2.45, 2.75) is 117 Å². The third-order valence-electron chi connectivity index (χ3n) is 11.2. The molecule has 2 saturated carbocycles. The Hall–Kier alpha value is -2.82. The number of aromatic nitrogens is 1. The zero-order valence-corrected chi connectivity index (χ0v) is 26.9. The Morgan fingerprint density at radius 3 is 2.48 bits per heavy atom. The third kappa shape index (κ3) is 4.23. The third-order valence-corrected chi connectivity index (χ3v) is 11.2. The molecule has 44 heavy (non-hydrogen) atoms. The van der Waals surface area contributed by atoms with Crippen LogP contribution in [0.1, 0.15) is 102 Å². The molecule has 1 heterocycles. The van der Waals surface area contributed by atoms with Gasteiger partial charge in [0, 0.05) is 30.1 Å². The first kappa shape index (κ1) is 32.6. The molecule has 1 spiro atoms. The molecule has 2 bridgehead atoms. The molecule has 1 aromatic rings. The van der Waals surface area contributed by atoms with Gasteiger partial charge in [0.05, 0.1) is 17.7 Å². The molecule has 3 N–H and O–H groups in total. The highest BCUT2D eigenvalue weighted by atomic mass is 16.6. The van der Waals surface area contributed by atoms with E-state index < -0.39 is 64.6 Å². The molecule has 5 rings (SSSR count). The molecule has 0 radical (unpaired) electrons. The number of aliphatic hydroxyl groups is 3. The van der Waals surface area contributed by atoms with E-state index in [9.17, 15) is 29.7 Å². The van der Waals surface area contributed by atoms with Crippen molar-refractivity contribution in [1.82, 2.24) is 5.16 Å². The van der Waals surface area contributed by atoms with Gasteiger partial charge in [0.1, 0.15) is 17.3 Å². The minimum atomic E-state index is -2.34.